The van der Waals surface area contributed by atoms with Gasteiger partial charge in [0.2, 0.25) is 0 Å². The lowest BCUT2D eigenvalue weighted by molar-refractivity contribution is 0.0999. The van der Waals surface area contributed by atoms with Crippen molar-refractivity contribution in [2.75, 3.05) is 28.3 Å². The second-order valence-electron chi connectivity index (χ2n) is 6.53. The van der Waals surface area contributed by atoms with Gasteiger partial charge in [-0.1, -0.05) is 24.6 Å². The number of ether oxygens (including phenoxy) is 2. The number of methoxy groups -OCH3 is 2. The van der Waals surface area contributed by atoms with Crippen LogP contribution in [-0.2, 0) is 5.41 Å². The molecule has 0 saturated heterocycles. The highest BCUT2D eigenvalue weighted by atomic mass is 16.5. The number of likely N-dealkylation sites (N-methyl/N-ethyl adjacent to an activating group) is 1. The molecule has 1 N–H and O–H groups in total. The second-order valence-corrected chi connectivity index (χ2v) is 6.53. The van der Waals surface area contributed by atoms with Crippen LogP contribution in [0.2, 0.25) is 0 Å². The summed E-state index contributed by atoms with van der Waals surface area (Å²) in [7, 11) is 7.48. The maximum atomic E-state index is 10.2. The van der Waals surface area contributed by atoms with Crippen molar-refractivity contribution in [2.24, 2.45) is 0 Å². The molecule has 2 unspecified atom stereocenters. The summed E-state index contributed by atoms with van der Waals surface area (Å²) in [5, 5.41) is 10.2. The molecular weight excluding hydrogens is 290 g/mol. The summed E-state index contributed by atoms with van der Waals surface area (Å²) >= 11 is 0. The van der Waals surface area contributed by atoms with Gasteiger partial charge in [-0.3, -0.25) is 0 Å². The lowest BCUT2D eigenvalue weighted by Gasteiger charge is -2.48. The Hall–Kier alpha value is -1.52. The number of aliphatic hydroxyl groups is 1. The fourth-order valence-corrected chi connectivity index (χ4v) is 4.10. The lowest BCUT2D eigenvalue weighted by atomic mass is 9.62. The molecule has 0 fully saturated rings. The van der Waals surface area contributed by atoms with E-state index >= 15 is 0 Å². The molecule has 1 aliphatic carbocycles. The standard InChI is InChI=1S/C19H29NO3/c1-7-19(13(2)10-15(21)12-18(19)20(3)4)14-8-9-16(22-5)17(11-14)23-6/h8-11,15,18,21H,7,12H2,1-6H3/t15?,18?,19-/m1/s1. The summed E-state index contributed by atoms with van der Waals surface area (Å²) in [4.78, 5) is 2.22. The summed E-state index contributed by atoms with van der Waals surface area (Å²) in [6.45, 7) is 4.33. The highest BCUT2D eigenvalue weighted by Crippen LogP contribution is 2.47. The van der Waals surface area contributed by atoms with Gasteiger partial charge >= 0.3 is 0 Å². The largest absolute Gasteiger partial charge is 0.493 e. The highest BCUT2D eigenvalue weighted by Gasteiger charge is 2.45. The van der Waals surface area contributed by atoms with E-state index in [4.69, 9.17) is 9.47 Å². The fraction of sp³-hybridized carbons (Fsp3) is 0.579. The minimum absolute atomic E-state index is 0.137. The van der Waals surface area contributed by atoms with E-state index in [1.54, 1.807) is 14.2 Å². The first-order valence-corrected chi connectivity index (χ1v) is 8.16. The molecule has 0 heterocycles. The molecule has 3 atom stereocenters. The van der Waals surface area contributed by atoms with Crippen LogP contribution in [0.4, 0.5) is 0 Å². The van der Waals surface area contributed by atoms with Crippen molar-refractivity contribution >= 4 is 0 Å². The first-order valence-electron chi connectivity index (χ1n) is 8.16. The van der Waals surface area contributed by atoms with Gasteiger partial charge < -0.3 is 19.5 Å². The van der Waals surface area contributed by atoms with Crippen LogP contribution in [0.25, 0.3) is 0 Å². The lowest BCUT2D eigenvalue weighted by Crippen LogP contribution is -2.52. The van der Waals surface area contributed by atoms with Crippen LogP contribution >= 0.6 is 0 Å². The highest BCUT2D eigenvalue weighted by molar-refractivity contribution is 5.49. The molecule has 128 valence electrons. The number of nitrogens with zero attached hydrogens (tertiary/aromatic N) is 1. The maximum absolute atomic E-state index is 10.2. The molecule has 1 aromatic carbocycles. The Morgan fingerprint density at radius 3 is 2.39 bits per heavy atom. The van der Waals surface area contributed by atoms with Crippen LogP contribution in [0, 0.1) is 0 Å². The number of aliphatic hydroxyl groups excluding tert-OH is 1. The monoisotopic (exact) mass is 319 g/mol. The minimum Gasteiger partial charge on any atom is -0.493 e. The van der Waals surface area contributed by atoms with E-state index < -0.39 is 0 Å². The van der Waals surface area contributed by atoms with Crippen molar-refractivity contribution in [3.8, 4) is 11.5 Å². The van der Waals surface area contributed by atoms with Crippen LogP contribution < -0.4 is 9.47 Å². The average molecular weight is 319 g/mol. The molecular formula is C19H29NO3. The topological polar surface area (TPSA) is 41.9 Å². The minimum atomic E-state index is -0.387. The van der Waals surface area contributed by atoms with Crippen molar-refractivity contribution in [3.05, 3.63) is 35.4 Å². The predicted molar refractivity (Wildman–Crippen MR) is 93.4 cm³/mol. The van der Waals surface area contributed by atoms with Gasteiger partial charge in [0.05, 0.1) is 20.3 Å². The maximum Gasteiger partial charge on any atom is 0.161 e. The van der Waals surface area contributed by atoms with E-state index in [0.29, 0.717) is 0 Å². The van der Waals surface area contributed by atoms with Crippen LogP contribution in [0.3, 0.4) is 0 Å². The summed E-state index contributed by atoms with van der Waals surface area (Å²) in [5.41, 5.74) is 2.28. The molecule has 0 aliphatic heterocycles. The Morgan fingerprint density at radius 1 is 1.22 bits per heavy atom. The normalized spacial score (nSPS) is 27.7. The number of rotatable bonds is 5. The smallest absolute Gasteiger partial charge is 0.161 e. The third-order valence-corrected chi connectivity index (χ3v) is 5.26. The third kappa shape index (κ3) is 2.98. The van der Waals surface area contributed by atoms with Crippen molar-refractivity contribution in [1.29, 1.82) is 0 Å². The average Bonchev–Trinajstić information content (AvgIpc) is 2.54. The Labute approximate surface area is 139 Å². The summed E-state index contributed by atoms with van der Waals surface area (Å²) in [6, 6.07) is 6.39. The van der Waals surface area contributed by atoms with Gasteiger partial charge in [0.15, 0.2) is 11.5 Å². The van der Waals surface area contributed by atoms with Gasteiger partial charge in [-0.2, -0.15) is 0 Å². The van der Waals surface area contributed by atoms with E-state index in [9.17, 15) is 5.11 Å². The predicted octanol–water partition coefficient (Wildman–Crippen LogP) is 2.99. The van der Waals surface area contributed by atoms with Gasteiger partial charge in [-0.15, -0.1) is 0 Å². The van der Waals surface area contributed by atoms with Gasteiger partial charge in [-0.05, 0) is 51.6 Å². The Kier molecular flexibility index (Phi) is 5.37. The zero-order chi connectivity index (χ0) is 17.2. The van der Waals surface area contributed by atoms with E-state index in [2.05, 4.69) is 45.0 Å². The Balaban J connectivity index is 2.64. The van der Waals surface area contributed by atoms with Gasteiger partial charge in [-0.25, -0.2) is 0 Å². The summed E-state index contributed by atoms with van der Waals surface area (Å²) < 4.78 is 10.9. The van der Waals surface area contributed by atoms with E-state index in [0.717, 1.165) is 24.3 Å². The Morgan fingerprint density at radius 2 is 1.87 bits per heavy atom. The number of hydrogen-bond donors (Lipinski definition) is 1. The van der Waals surface area contributed by atoms with Crippen LogP contribution in [0.5, 0.6) is 11.5 Å². The quantitative estimate of drug-likeness (QED) is 0.847. The van der Waals surface area contributed by atoms with Crippen molar-refractivity contribution < 1.29 is 14.6 Å². The summed E-state index contributed by atoms with van der Waals surface area (Å²) in [6.07, 6.45) is 3.30. The van der Waals surface area contributed by atoms with Crippen molar-refractivity contribution in [3.63, 3.8) is 0 Å². The first-order chi connectivity index (χ1) is 10.9. The molecule has 0 aromatic heterocycles. The van der Waals surface area contributed by atoms with E-state index in [1.807, 2.05) is 12.1 Å². The molecule has 0 spiro atoms. The molecule has 0 bridgehead atoms. The molecule has 1 aromatic rings. The third-order valence-electron chi connectivity index (χ3n) is 5.26. The van der Waals surface area contributed by atoms with Crippen molar-refractivity contribution in [2.45, 2.75) is 44.2 Å². The number of hydrogen-bond acceptors (Lipinski definition) is 4. The van der Waals surface area contributed by atoms with Gasteiger partial charge in [0.1, 0.15) is 0 Å². The van der Waals surface area contributed by atoms with E-state index in [1.165, 1.54) is 11.1 Å². The molecule has 2 rings (SSSR count). The molecule has 0 saturated carbocycles. The van der Waals surface area contributed by atoms with Gasteiger partial charge in [0.25, 0.3) is 0 Å². The zero-order valence-electron chi connectivity index (χ0n) is 15.1. The van der Waals surface area contributed by atoms with Crippen LogP contribution in [0.15, 0.2) is 29.8 Å². The molecule has 0 radical (unpaired) electrons. The summed E-state index contributed by atoms with van der Waals surface area (Å²) in [5.74, 6) is 1.48. The van der Waals surface area contributed by atoms with E-state index in [-0.39, 0.29) is 17.6 Å². The molecule has 23 heavy (non-hydrogen) atoms. The SMILES string of the molecule is CC[C@]1(c2ccc(OC)c(OC)c2)C(C)=CC(O)CC1N(C)C. The molecule has 0 amide bonds. The van der Waals surface area contributed by atoms with Crippen molar-refractivity contribution in [1.82, 2.24) is 4.90 Å². The van der Waals surface area contributed by atoms with Gasteiger partial charge in [0, 0.05) is 11.5 Å². The zero-order valence-corrected chi connectivity index (χ0v) is 15.1. The Bertz CT molecular complexity index is 582. The second kappa shape index (κ2) is 6.93. The fourth-order valence-electron chi connectivity index (χ4n) is 4.10. The van der Waals surface area contributed by atoms with Crippen LogP contribution in [-0.4, -0.2) is 50.5 Å². The molecule has 4 heteroatoms. The molecule has 4 nitrogen and oxygen atoms in total. The number of benzene rings is 1. The first kappa shape index (κ1) is 17.8. The molecule has 1 aliphatic rings. The van der Waals surface area contributed by atoms with Crippen LogP contribution in [0.1, 0.15) is 32.3 Å².